The molecule has 2 saturated carbocycles. The van der Waals surface area contributed by atoms with Gasteiger partial charge in [-0.15, -0.1) is 0 Å². The van der Waals surface area contributed by atoms with Crippen molar-refractivity contribution in [2.75, 3.05) is 24.4 Å². The van der Waals surface area contributed by atoms with Gasteiger partial charge in [0.1, 0.15) is 11.5 Å². The van der Waals surface area contributed by atoms with E-state index in [1.807, 2.05) is 6.07 Å². The van der Waals surface area contributed by atoms with Gasteiger partial charge < -0.3 is 19.7 Å². The molecule has 0 radical (unpaired) electrons. The van der Waals surface area contributed by atoms with Crippen LogP contribution in [0.2, 0.25) is 0 Å². The van der Waals surface area contributed by atoms with Gasteiger partial charge >= 0.3 is 0 Å². The second kappa shape index (κ2) is 7.90. The number of anilines is 2. The van der Waals surface area contributed by atoms with E-state index < -0.39 is 22.7 Å². The highest BCUT2D eigenvalue weighted by Gasteiger charge is 2.57. The fraction of sp³-hybridized carbons (Fsp3) is 0.500. The molecule has 8 heteroatoms. The second-order valence-corrected chi connectivity index (χ2v) is 8.94. The van der Waals surface area contributed by atoms with E-state index in [1.165, 1.54) is 38.4 Å². The Morgan fingerprint density at radius 2 is 1.72 bits per heavy atom. The van der Waals surface area contributed by atoms with Gasteiger partial charge in [-0.05, 0) is 42.9 Å². The molecule has 170 valence electrons. The maximum absolute atomic E-state index is 15.1. The zero-order valence-corrected chi connectivity index (χ0v) is 18.3. The van der Waals surface area contributed by atoms with Crippen LogP contribution >= 0.6 is 0 Å². The highest BCUT2D eigenvalue weighted by molar-refractivity contribution is 6.05. The summed E-state index contributed by atoms with van der Waals surface area (Å²) in [6, 6.07) is 3.51. The first-order valence-electron chi connectivity index (χ1n) is 11.2. The lowest BCUT2D eigenvalue weighted by atomic mass is 9.86. The highest BCUT2D eigenvalue weighted by atomic mass is 19.1. The number of carbonyl (C=O) groups excluding carboxylic acids is 1. The highest BCUT2D eigenvalue weighted by Crippen LogP contribution is 2.55. The summed E-state index contributed by atoms with van der Waals surface area (Å²) in [6.07, 6.45) is 8.94. The summed E-state index contributed by atoms with van der Waals surface area (Å²) in [5, 5.41) is 3.51. The van der Waals surface area contributed by atoms with E-state index in [1.54, 1.807) is 6.20 Å². The van der Waals surface area contributed by atoms with Gasteiger partial charge in [0.05, 0.1) is 26.2 Å². The van der Waals surface area contributed by atoms with E-state index in [2.05, 4.69) is 10.3 Å². The molecular weight excluding hydrogens is 416 g/mol. The number of rotatable bonds is 5. The van der Waals surface area contributed by atoms with Gasteiger partial charge in [0.15, 0.2) is 23.1 Å². The van der Waals surface area contributed by atoms with Crippen LogP contribution in [0.5, 0.6) is 11.5 Å². The number of nitrogens with one attached hydrogen (secondary N) is 1. The van der Waals surface area contributed by atoms with Crippen molar-refractivity contribution >= 4 is 17.4 Å². The van der Waals surface area contributed by atoms with Crippen molar-refractivity contribution in [2.24, 2.45) is 0 Å². The Hall–Kier alpha value is -2.90. The molecule has 2 fully saturated rings. The largest absolute Gasteiger partial charge is 0.493 e. The topological polar surface area (TPSA) is 63.7 Å². The Morgan fingerprint density at radius 3 is 2.31 bits per heavy atom. The summed E-state index contributed by atoms with van der Waals surface area (Å²) in [5.74, 6) is -1.71. The number of pyridine rings is 1. The molecule has 6 nitrogen and oxygen atoms in total. The summed E-state index contributed by atoms with van der Waals surface area (Å²) in [7, 11) is 2.58. The van der Waals surface area contributed by atoms with Crippen LogP contribution in [0.3, 0.4) is 0 Å². The average molecular weight is 443 g/mol. The van der Waals surface area contributed by atoms with Crippen LogP contribution < -0.4 is 19.7 Å². The van der Waals surface area contributed by atoms with E-state index in [-0.39, 0.29) is 24.0 Å². The molecule has 1 amide bonds. The quantitative estimate of drug-likeness (QED) is 0.726. The Balaban J connectivity index is 1.52. The summed E-state index contributed by atoms with van der Waals surface area (Å²) < 4.78 is 40.4. The minimum atomic E-state index is -0.915. The fourth-order valence-corrected chi connectivity index (χ4v) is 5.10. The number of amides is 1. The van der Waals surface area contributed by atoms with Gasteiger partial charge in [-0.2, -0.15) is 0 Å². The Kier molecular flexibility index (Phi) is 5.18. The molecular formula is C24H27F2N3O3. The molecule has 3 aliphatic rings. The lowest BCUT2D eigenvalue weighted by Crippen LogP contribution is -2.45. The van der Waals surface area contributed by atoms with Crippen molar-refractivity contribution in [3.8, 4) is 11.5 Å². The molecule has 0 bridgehead atoms. The maximum Gasteiger partial charge on any atom is 0.238 e. The van der Waals surface area contributed by atoms with E-state index in [4.69, 9.17) is 9.47 Å². The van der Waals surface area contributed by atoms with Crippen LogP contribution in [0, 0.1) is 11.6 Å². The number of aromatic nitrogens is 1. The lowest BCUT2D eigenvalue weighted by molar-refractivity contribution is -0.121. The molecule has 0 unspecified atom stereocenters. The summed E-state index contributed by atoms with van der Waals surface area (Å²) in [4.78, 5) is 19.3. The molecule has 1 N–H and O–H groups in total. The maximum atomic E-state index is 15.1. The van der Waals surface area contributed by atoms with Gasteiger partial charge in [-0.1, -0.05) is 19.3 Å². The summed E-state index contributed by atoms with van der Waals surface area (Å²) in [5.41, 5.74) is 0.529. The number of fused-ring (bicyclic) bond motifs is 2. The Bertz CT molecular complexity index is 1040. The van der Waals surface area contributed by atoms with Gasteiger partial charge in [0.25, 0.3) is 0 Å². The van der Waals surface area contributed by atoms with Crippen molar-refractivity contribution in [1.29, 1.82) is 0 Å². The van der Waals surface area contributed by atoms with Crippen molar-refractivity contribution in [3.05, 3.63) is 41.1 Å². The molecule has 2 aromatic rings. The monoisotopic (exact) mass is 443 g/mol. The van der Waals surface area contributed by atoms with E-state index in [0.29, 0.717) is 18.9 Å². The molecule has 0 saturated heterocycles. The second-order valence-electron chi connectivity index (χ2n) is 8.94. The van der Waals surface area contributed by atoms with Crippen LogP contribution in [0.1, 0.15) is 56.1 Å². The van der Waals surface area contributed by atoms with E-state index in [0.717, 1.165) is 35.9 Å². The Morgan fingerprint density at radius 1 is 1.06 bits per heavy atom. The molecule has 2 aliphatic carbocycles. The number of benzene rings is 1. The zero-order chi connectivity index (χ0) is 22.5. The van der Waals surface area contributed by atoms with Crippen molar-refractivity contribution in [1.82, 2.24) is 4.98 Å². The number of ether oxygens (including phenoxy) is 2. The number of nitrogens with zero attached hydrogens (tertiary/aromatic N) is 2. The molecule has 1 aromatic carbocycles. The van der Waals surface area contributed by atoms with Crippen LogP contribution in [-0.2, 0) is 16.8 Å². The minimum absolute atomic E-state index is 0.0385. The third-order valence-corrected chi connectivity index (χ3v) is 7.01. The van der Waals surface area contributed by atoms with Gasteiger partial charge in [0.2, 0.25) is 5.91 Å². The molecule has 0 atom stereocenters. The third-order valence-electron chi connectivity index (χ3n) is 7.01. The van der Waals surface area contributed by atoms with Gasteiger partial charge in [0, 0.05) is 18.3 Å². The molecule has 1 spiro atoms. The van der Waals surface area contributed by atoms with E-state index in [9.17, 15) is 4.79 Å². The number of methoxy groups -OCH3 is 2. The summed E-state index contributed by atoms with van der Waals surface area (Å²) in [6.45, 7) is 0.0385. The third kappa shape index (κ3) is 3.27. The summed E-state index contributed by atoms with van der Waals surface area (Å²) >= 11 is 0. The predicted octanol–water partition coefficient (Wildman–Crippen LogP) is 4.70. The molecule has 32 heavy (non-hydrogen) atoms. The van der Waals surface area contributed by atoms with Crippen molar-refractivity contribution in [3.63, 3.8) is 0 Å². The number of carbonyl (C=O) groups is 1. The van der Waals surface area contributed by atoms with Crippen molar-refractivity contribution in [2.45, 2.75) is 62.9 Å². The normalized spacial score (nSPS) is 19.6. The Labute approximate surface area is 185 Å². The minimum Gasteiger partial charge on any atom is -0.493 e. The fourth-order valence-electron chi connectivity index (χ4n) is 5.10. The molecule has 1 aliphatic heterocycles. The average Bonchev–Trinajstić information content (AvgIpc) is 3.60. The number of hydrogen-bond donors (Lipinski definition) is 1. The zero-order valence-electron chi connectivity index (χ0n) is 18.3. The molecule has 5 rings (SSSR count). The van der Waals surface area contributed by atoms with Gasteiger partial charge in [-0.25, -0.2) is 13.8 Å². The molecule has 2 heterocycles. The predicted molar refractivity (Wildman–Crippen MR) is 116 cm³/mol. The van der Waals surface area contributed by atoms with Crippen molar-refractivity contribution < 1.29 is 23.0 Å². The smallest absolute Gasteiger partial charge is 0.238 e. The first kappa shape index (κ1) is 21.0. The first-order chi connectivity index (χ1) is 15.5. The van der Waals surface area contributed by atoms with Crippen LogP contribution in [0.25, 0.3) is 0 Å². The van der Waals surface area contributed by atoms with Crippen LogP contribution in [0.4, 0.5) is 20.3 Å². The SMILES string of the molecule is COc1cc(OC)c(F)c(N2Cc3cnc(NC4CCCCC4)cc3C3(CC3)C2=O)c1F. The van der Waals surface area contributed by atoms with Gasteiger partial charge in [-0.3, -0.25) is 4.79 Å². The van der Waals surface area contributed by atoms with E-state index >= 15 is 8.78 Å². The van der Waals surface area contributed by atoms with Crippen LogP contribution in [0.15, 0.2) is 18.3 Å². The standard InChI is InChI=1S/C24H27F2N3O3/c1-31-17-11-18(32-2)21(26)22(20(17)25)29-13-14-12-27-19(28-15-6-4-3-5-7-15)10-16(14)24(8-9-24)23(29)30/h10-12,15H,3-9,13H2,1-2H3,(H,27,28). The number of halogens is 2. The molecule has 1 aromatic heterocycles. The first-order valence-corrected chi connectivity index (χ1v) is 11.2. The number of hydrogen-bond acceptors (Lipinski definition) is 5. The van der Waals surface area contributed by atoms with Crippen LogP contribution in [-0.4, -0.2) is 31.2 Å². The lowest BCUT2D eigenvalue weighted by Gasteiger charge is -2.35.